The van der Waals surface area contributed by atoms with Crippen LogP contribution in [-0.4, -0.2) is 31.3 Å². The normalized spacial score (nSPS) is 15.5. The molecule has 2 aromatic heterocycles. The Bertz CT molecular complexity index is 1240. The molecule has 2 aliphatic rings. The van der Waals surface area contributed by atoms with Crippen LogP contribution in [0.25, 0.3) is 5.95 Å². The van der Waals surface area contributed by atoms with Crippen LogP contribution in [0.5, 0.6) is 5.75 Å². The molecule has 1 amide bonds. The number of aryl methyl sites for hydroxylation is 1. The lowest BCUT2D eigenvalue weighted by molar-refractivity contribution is -0.128. The molecule has 0 aliphatic heterocycles. The molecule has 0 unspecified atom stereocenters. The van der Waals surface area contributed by atoms with E-state index in [2.05, 4.69) is 20.4 Å². The van der Waals surface area contributed by atoms with Crippen LogP contribution >= 0.6 is 11.6 Å². The standard InChI is InChI=1S/C23H24ClN5O3/c1-23(2,32-15-10-8-14(24)9-11-15)21(31)26-19-12-18(13-6-7-13)28-29(19)22-25-17-5-3-4-16(17)20(30)27-22/h8-13H,3-7H2,1-2H3,(H,26,31)(H,25,27,30). The average Bonchev–Trinajstić information content (AvgIpc) is 3.33. The van der Waals surface area contributed by atoms with Crippen molar-refractivity contribution in [1.29, 1.82) is 0 Å². The van der Waals surface area contributed by atoms with Crippen molar-refractivity contribution in [2.24, 2.45) is 0 Å². The highest BCUT2D eigenvalue weighted by Crippen LogP contribution is 2.40. The number of aromatic nitrogens is 4. The number of halogens is 1. The molecule has 9 heteroatoms. The minimum atomic E-state index is -1.17. The van der Waals surface area contributed by atoms with E-state index >= 15 is 0 Å². The van der Waals surface area contributed by atoms with Gasteiger partial charge >= 0.3 is 0 Å². The number of hydrogen-bond donors (Lipinski definition) is 2. The number of nitrogens with zero attached hydrogens (tertiary/aromatic N) is 3. The quantitative estimate of drug-likeness (QED) is 0.591. The van der Waals surface area contributed by atoms with Gasteiger partial charge in [-0.05, 0) is 70.2 Å². The molecule has 32 heavy (non-hydrogen) atoms. The zero-order valence-electron chi connectivity index (χ0n) is 17.9. The van der Waals surface area contributed by atoms with E-state index in [-0.39, 0.29) is 11.5 Å². The molecule has 0 bridgehead atoms. The zero-order chi connectivity index (χ0) is 22.5. The maximum atomic E-state index is 13.1. The number of carbonyl (C=O) groups excluding carboxylic acids is 1. The summed E-state index contributed by atoms with van der Waals surface area (Å²) in [4.78, 5) is 33.1. The number of H-pyrrole nitrogens is 1. The summed E-state index contributed by atoms with van der Waals surface area (Å²) in [6.45, 7) is 3.38. The summed E-state index contributed by atoms with van der Waals surface area (Å²) in [5.74, 6) is 1.32. The molecule has 0 atom stereocenters. The number of hydrogen-bond acceptors (Lipinski definition) is 5. The van der Waals surface area contributed by atoms with Crippen molar-refractivity contribution >= 4 is 23.3 Å². The maximum Gasteiger partial charge on any atom is 0.269 e. The molecule has 1 fully saturated rings. The molecule has 1 aromatic carbocycles. The van der Waals surface area contributed by atoms with Crippen LogP contribution in [0.2, 0.25) is 5.02 Å². The Hall–Kier alpha value is -3.13. The van der Waals surface area contributed by atoms with Crippen LogP contribution in [0.15, 0.2) is 35.1 Å². The Morgan fingerprint density at radius 1 is 1.25 bits per heavy atom. The first-order valence-electron chi connectivity index (χ1n) is 10.8. The number of fused-ring (bicyclic) bond motifs is 1. The predicted octanol–water partition coefficient (Wildman–Crippen LogP) is 3.77. The number of benzene rings is 1. The van der Waals surface area contributed by atoms with Gasteiger partial charge in [-0.2, -0.15) is 9.78 Å². The fraction of sp³-hybridized carbons (Fsp3) is 0.391. The lowest BCUT2D eigenvalue weighted by atomic mass is 10.1. The molecule has 2 heterocycles. The maximum absolute atomic E-state index is 13.1. The van der Waals surface area contributed by atoms with Gasteiger partial charge in [0.2, 0.25) is 5.95 Å². The Morgan fingerprint density at radius 3 is 2.72 bits per heavy atom. The van der Waals surface area contributed by atoms with Crippen molar-refractivity contribution in [1.82, 2.24) is 19.7 Å². The minimum Gasteiger partial charge on any atom is -0.478 e. The molecular formula is C23H24ClN5O3. The highest BCUT2D eigenvalue weighted by molar-refractivity contribution is 6.30. The summed E-state index contributed by atoms with van der Waals surface area (Å²) in [6, 6.07) is 8.69. The van der Waals surface area contributed by atoms with Gasteiger partial charge in [-0.15, -0.1) is 0 Å². The monoisotopic (exact) mass is 453 g/mol. The minimum absolute atomic E-state index is 0.144. The van der Waals surface area contributed by atoms with E-state index in [9.17, 15) is 9.59 Å². The Labute approximate surface area is 190 Å². The van der Waals surface area contributed by atoms with Gasteiger partial charge in [0.05, 0.1) is 11.4 Å². The molecule has 1 saturated carbocycles. The zero-order valence-corrected chi connectivity index (χ0v) is 18.7. The number of carbonyl (C=O) groups is 1. The van der Waals surface area contributed by atoms with E-state index in [0.717, 1.165) is 49.1 Å². The van der Waals surface area contributed by atoms with Gasteiger partial charge in [0.1, 0.15) is 11.6 Å². The fourth-order valence-corrected chi connectivity index (χ4v) is 3.99. The van der Waals surface area contributed by atoms with E-state index in [1.807, 2.05) is 6.07 Å². The number of rotatable bonds is 6. The molecule has 3 aromatic rings. The van der Waals surface area contributed by atoms with E-state index < -0.39 is 5.60 Å². The van der Waals surface area contributed by atoms with Gasteiger partial charge in [0, 0.05) is 22.6 Å². The third-order valence-corrected chi connectivity index (χ3v) is 6.08. The first-order valence-corrected chi connectivity index (χ1v) is 11.2. The summed E-state index contributed by atoms with van der Waals surface area (Å²) in [7, 11) is 0. The Balaban J connectivity index is 1.44. The molecule has 0 saturated heterocycles. The molecule has 2 N–H and O–H groups in total. The van der Waals surface area contributed by atoms with Gasteiger partial charge in [0.25, 0.3) is 11.5 Å². The Kier molecular flexibility index (Phi) is 5.04. The molecule has 2 aliphatic carbocycles. The summed E-state index contributed by atoms with van der Waals surface area (Å²) in [5, 5.41) is 8.16. The van der Waals surface area contributed by atoms with E-state index in [4.69, 9.17) is 16.3 Å². The van der Waals surface area contributed by atoms with Crippen LogP contribution in [0.4, 0.5) is 5.82 Å². The molecular weight excluding hydrogens is 430 g/mol. The largest absolute Gasteiger partial charge is 0.478 e. The molecule has 0 spiro atoms. The number of nitrogens with one attached hydrogen (secondary N) is 2. The number of amides is 1. The first-order chi connectivity index (χ1) is 15.3. The average molecular weight is 454 g/mol. The lowest BCUT2D eigenvalue weighted by Crippen LogP contribution is -2.43. The van der Waals surface area contributed by atoms with Crippen LogP contribution < -0.4 is 15.6 Å². The van der Waals surface area contributed by atoms with Crippen molar-refractivity contribution in [3.05, 3.63) is 62.7 Å². The van der Waals surface area contributed by atoms with Gasteiger partial charge < -0.3 is 10.1 Å². The third-order valence-electron chi connectivity index (χ3n) is 5.83. The van der Waals surface area contributed by atoms with Crippen LogP contribution in [0.1, 0.15) is 56.0 Å². The van der Waals surface area contributed by atoms with Gasteiger partial charge in [-0.3, -0.25) is 14.6 Å². The van der Waals surface area contributed by atoms with Crippen molar-refractivity contribution < 1.29 is 9.53 Å². The SMILES string of the molecule is CC(C)(Oc1ccc(Cl)cc1)C(=O)Nc1cc(C2CC2)nn1-c1nc2c(c(=O)[nH]1)CCC2. The summed E-state index contributed by atoms with van der Waals surface area (Å²) in [6.07, 6.45) is 4.55. The van der Waals surface area contributed by atoms with Crippen molar-refractivity contribution in [2.75, 3.05) is 5.32 Å². The fourth-order valence-electron chi connectivity index (χ4n) is 3.87. The van der Waals surface area contributed by atoms with E-state index in [1.54, 1.807) is 38.1 Å². The second-order valence-corrected chi connectivity index (χ2v) is 9.27. The number of ether oxygens (including phenoxy) is 1. The summed E-state index contributed by atoms with van der Waals surface area (Å²) < 4.78 is 7.43. The lowest BCUT2D eigenvalue weighted by Gasteiger charge is -2.25. The van der Waals surface area contributed by atoms with Crippen LogP contribution in [0.3, 0.4) is 0 Å². The number of aromatic amines is 1. The topological polar surface area (TPSA) is 102 Å². The second kappa shape index (κ2) is 7.78. The molecule has 5 rings (SSSR count). The molecule has 0 radical (unpaired) electrons. The predicted molar refractivity (Wildman–Crippen MR) is 121 cm³/mol. The molecule has 166 valence electrons. The highest BCUT2D eigenvalue weighted by Gasteiger charge is 2.33. The van der Waals surface area contributed by atoms with Gasteiger partial charge in [-0.1, -0.05) is 11.6 Å². The van der Waals surface area contributed by atoms with Crippen molar-refractivity contribution in [3.8, 4) is 11.7 Å². The third kappa shape index (κ3) is 4.02. The van der Waals surface area contributed by atoms with Gasteiger partial charge in [-0.25, -0.2) is 4.98 Å². The van der Waals surface area contributed by atoms with Crippen LogP contribution in [-0.2, 0) is 17.6 Å². The molecule has 8 nitrogen and oxygen atoms in total. The van der Waals surface area contributed by atoms with Gasteiger partial charge in [0.15, 0.2) is 5.60 Å². The van der Waals surface area contributed by atoms with Crippen molar-refractivity contribution in [2.45, 2.75) is 57.5 Å². The van der Waals surface area contributed by atoms with E-state index in [1.165, 1.54) is 4.68 Å². The summed E-state index contributed by atoms with van der Waals surface area (Å²) >= 11 is 5.93. The Morgan fingerprint density at radius 2 is 2.00 bits per heavy atom. The van der Waals surface area contributed by atoms with Crippen molar-refractivity contribution in [3.63, 3.8) is 0 Å². The van der Waals surface area contributed by atoms with E-state index in [0.29, 0.717) is 28.5 Å². The van der Waals surface area contributed by atoms with Crippen LogP contribution in [0, 0.1) is 0 Å². The second-order valence-electron chi connectivity index (χ2n) is 8.83. The first kappa shape index (κ1) is 20.8. The number of anilines is 1. The smallest absolute Gasteiger partial charge is 0.269 e. The highest BCUT2D eigenvalue weighted by atomic mass is 35.5. The summed E-state index contributed by atoms with van der Waals surface area (Å²) in [5.41, 5.74) is 1.11.